The van der Waals surface area contributed by atoms with Crippen LogP contribution in [0.3, 0.4) is 0 Å². The number of likely N-dealkylation sites (tertiary alicyclic amines) is 1. The summed E-state index contributed by atoms with van der Waals surface area (Å²) in [6.45, 7) is 14.7. The molecule has 2 heterocycles. The lowest BCUT2D eigenvalue weighted by atomic mass is 9.89. The molecule has 0 spiro atoms. The highest BCUT2D eigenvalue weighted by Gasteiger charge is 2.43. The van der Waals surface area contributed by atoms with Gasteiger partial charge in [-0.05, 0) is 74.7 Å². The first kappa shape index (κ1) is 53.9. The van der Waals surface area contributed by atoms with E-state index < -0.39 is 42.3 Å². The number of nitrogens with one attached hydrogen (secondary N) is 3. The number of hydrogen-bond donors (Lipinski definition) is 3. The SMILES string of the molecule is CC[C@H](C)[C@H]([C@@H](CC(=O)N1CCC[C@H]1[C@H](OC)[C@@H](C)C(=O)N[C@@H](Cc1ccccc1)c1nc(C(=O)NCCc2cc[c]cc2)cs1)OC)N(C)C(=O)[C@@H](NC(=O)[C@H](C(C)C)N(C)C)C(C)C. The number of benzene rings is 2. The van der Waals surface area contributed by atoms with Gasteiger partial charge in [0.25, 0.3) is 5.91 Å². The maximum Gasteiger partial charge on any atom is 0.270 e. The van der Waals surface area contributed by atoms with E-state index in [-0.39, 0.29) is 59.8 Å². The Bertz CT molecular complexity index is 1990. The van der Waals surface area contributed by atoms with Crippen molar-refractivity contribution in [1.29, 1.82) is 0 Å². The van der Waals surface area contributed by atoms with Crippen molar-refractivity contribution in [2.24, 2.45) is 23.7 Å². The van der Waals surface area contributed by atoms with Gasteiger partial charge in [0.2, 0.25) is 23.6 Å². The molecule has 1 saturated heterocycles. The first-order chi connectivity index (χ1) is 31.4. The molecule has 363 valence electrons. The summed E-state index contributed by atoms with van der Waals surface area (Å²) in [5.41, 5.74) is 2.38. The number of likely N-dealkylation sites (N-methyl/N-ethyl adjacent to an activating group) is 2. The average Bonchev–Trinajstić information content (AvgIpc) is 3.99. The molecule has 1 aliphatic heterocycles. The van der Waals surface area contributed by atoms with Gasteiger partial charge in [0.1, 0.15) is 16.7 Å². The molecule has 66 heavy (non-hydrogen) atoms. The topological polar surface area (TPSA) is 163 Å². The quantitative estimate of drug-likeness (QED) is 0.0931. The predicted molar refractivity (Wildman–Crippen MR) is 260 cm³/mol. The van der Waals surface area contributed by atoms with Crippen LogP contribution >= 0.6 is 11.3 Å². The summed E-state index contributed by atoms with van der Waals surface area (Å²) in [5, 5.41) is 11.6. The lowest BCUT2D eigenvalue weighted by Gasteiger charge is -2.41. The second-order valence-electron chi connectivity index (χ2n) is 18.7. The highest BCUT2D eigenvalue weighted by molar-refractivity contribution is 7.09. The van der Waals surface area contributed by atoms with Gasteiger partial charge in [-0.1, -0.05) is 109 Å². The smallest absolute Gasteiger partial charge is 0.270 e. The molecular formula is C51H76N7O7S. The number of nitrogens with zero attached hydrogens (tertiary/aromatic N) is 4. The number of carbonyl (C=O) groups excluding carboxylic acids is 5. The number of thiazole rings is 1. The third kappa shape index (κ3) is 14.4. The Kier molecular flexibility index (Phi) is 21.2. The van der Waals surface area contributed by atoms with Gasteiger partial charge in [-0.3, -0.25) is 28.9 Å². The number of ether oxygens (including phenoxy) is 2. The standard InChI is InChI=1S/C51H76N7O7S/c1-13-34(6)45(57(10)51(63)43(32(2)3)55-49(62)44(33(4)5)56(8)9)41(64-11)30-42(59)58-28-20-25-40(58)46(65-12)35(7)47(60)53-38(29-37-23-18-15-19-24-37)50-54-39(31-66-50)48(61)52-27-26-36-21-16-14-17-22-36/h15-19,21-24,31-35,38,40-41,43-46H,13,20,25-30H2,1-12H3,(H,52,61)(H,53,60)(H,55,62)/t34-,35+,38-,40-,41+,43-,44-,45+,46+/m0/s1. The number of amides is 5. The molecule has 2 aromatic carbocycles. The molecule has 0 saturated carbocycles. The fourth-order valence-electron chi connectivity index (χ4n) is 9.32. The Hall–Kier alpha value is -4.70. The van der Waals surface area contributed by atoms with Crippen molar-refractivity contribution in [2.75, 3.05) is 48.5 Å². The fourth-order valence-corrected chi connectivity index (χ4v) is 10.2. The lowest BCUT2D eigenvalue weighted by Crippen LogP contribution is -2.59. The van der Waals surface area contributed by atoms with Gasteiger partial charge in [-0.25, -0.2) is 4.98 Å². The van der Waals surface area contributed by atoms with Crippen molar-refractivity contribution in [3.05, 3.63) is 87.9 Å². The van der Waals surface area contributed by atoms with E-state index in [2.05, 4.69) is 22.0 Å². The highest BCUT2D eigenvalue weighted by atomic mass is 32.1. The Morgan fingerprint density at radius 1 is 0.894 bits per heavy atom. The highest BCUT2D eigenvalue weighted by Crippen LogP contribution is 2.31. The number of aromatic nitrogens is 1. The van der Waals surface area contributed by atoms with E-state index >= 15 is 0 Å². The Balaban J connectivity index is 1.49. The molecule has 0 unspecified atom stereocenters. The molecule has 1 aromatic heterocycles. The van der Waals surface area contributed by atoms with Crippen LogP contribution in [0.25, 0.3) is 0 Å². The molecule has 0 bridgehead atoms. The summed E-state index contributed by atoms with van der Waals surface area (Å²) >= 11 is 1.33. The van der Waals surface area contributed by atoms with Gasteiger partial charge in [0.05, 0.1) is 48.7 Å². The Morgan fingerprint density at radius 2 is 1.58 bits per heavy atom. The number of rotatable bonds is 25. The molecule has 1 aliphatic rings. The minimum atomic E-state index is -0.778. The Morgan fingerprint density at radius 3 is 2.17 bits per heavy atom. The minimum Gasteiger partial charge on any atom is -0.379 e. The second-order valence-corrected chi connectivity index (χ2v) is 19.6. The monoisotopic (exact) mass is 931 g/mol. The Labute approximate surface area is 398 Å². The molecule has 1 fully saturated rings. The van der Waals surface area contributed by atoms with Gasteiger partial charge in [-0.2, -0.15) is 0 Å². The summed E-state index contributed by atoms with van der Waals surface area (Å²) in [6, 6.07) is 17.9. The minimum absolute atomic E-state index is 0.00942. The average molecular weight is 931 g/mol. The van der Waals surface area contributed by atoms with Gasteiger partial charge < -0.3 is 35.2 Å². The van der Waals surface area contributed by atoms with Crippen LogP contribution in [-0.4, -0.2) is 134 Å². The zero-order valence-corrected chi connectivity index (χ0v) is 42.2. The van der Waals surface area contributed by atoms with Crippen molar-refractivity contribution in [3.63, 3.8) is 0 Å². The molecular weight excluding hydrogens is 855 g/mol. The van der Waals surface area contributed by atoms with Crippen molar-refractivity contribution >= 4 is 40.9 Å². The van der Waals surface area contributed by atoms with E-state index in [0.29, 0.717) is 43.1 Å². The van der Waals surface area contributed by atoms with Crippen molar-refractivity contribution in [1.82, 2.24) is 35.6 Å². The van der Waals surface area contributed by atoms with Gasteiger partial charge in [0, 0.05) is 39.7 Å². The molecule has 4 rings (SSSR count). The number of carbonyl (C=O) groups is 5. The number of hydrogen-bond acceptors (Lipinski definition) is 10. The first-order valence-corrected chi connectivity index (χ1v) is 24.4. The third-order valence-electron chi connectivity index (χ3n) is 13.1. The van der Waals surface area contributed by atoms with Crippen LogP contribution in [0, 0.1) is 29.7 Å². The summed E-state index contributed by atoms with van der Waals surface area (Å²) in [6.07, 6.45) is 1.97. The molecule has 3 aromatic rings. The van der Waals surface area contributed by atoms with E-state index in [1.165, 1.54) is 11.3 Å². The number of methoxy groups -OCH3 is 2. The summed E-state index contributed by atoms with van der Waals surface area (Å²) in [5.74, 6) is -1.99. The van der Waals surface area contributed by atoms with Crippen molar-refractivity contribution in [3.8, 4) is 0 Å². The van der Waals surface area contributed by atoms with Crippen LogP contribution in [0.5, 0.6) is 0 Å². The van der Waals surface area contributed by atoms with Gasteiger partial charge in [0.15, 0.2) is 0 Å². The molecule has 15 heteroatoms. The van der Waals surface area contributed by atoms with Gasteiger partial charge in [-0.15, -0.1) is 11.3 Å². The molecule has 0 aliphatic carbocycles. The van der Waals surface area contributed by atoms with Crippen molar-refractivity contribution in [2.45, 2.75) is 129 Å². The van der Waals surface area contributed by atoms with Crippen LogP contribution in [-0.2, 0) is 41.5 Å². The normalized spacial score (nSPS) is 17.7. The third-order valence-corrected chi connectivity index (χ3v) is 14.0. The second kappa shape index (κ2) is 26.0. The lowest BCUT2D eigenvalue weighted by molar-refractivity contribution is -0.148. The fraction of sp³-hybridized carbons (Fsp3) is 0.608. The molecule has 1 radical (unpaired) electrons. The van der Waals surface area contributed by atoms with E-state index in [4.69, 9.17) is 14.5 Å². The van der Waals surface area contributed by atoms with E-state index in [1.54, 1.807) is 31.5 Å². The molecule has 5 amide bonds. The predicted octanol–water partition coefficient (Wildman–Crippen LogP) is 5.96. The van der Waals surface area contributed by atoms with E-state index in [1.807, 2.05) is 127 Å². The maximum atomic E-state index is 14.5. The maximum absolute atomic E-state index is 14.5. The van der Waals surface area contributed by atoms with Crippen LogP contribution < -0.4 is 16.0 Å². The molecule has 14 nitrogen and oxygen atoms in total. The zero-order valence-electron chi connectivity index (χ0n) is 41.3. The van der Waals surface area contributed by atoms with Crippen LogP contribution in [0.15, 0.2) is 60.0 Å². The van der Waals surface area contributed by atoms with Crippen LogP contribution in [0.1, 0.15) is 107 Å². The molecule has 9 atom stereocenters. The summed E-state index contributed by atoms with van der Waals surface area (Å²) in [7, 11) is 8.59. The van der Waals surface area contributed by atoms with Gasteiger partial charge >= 0.3 is 0 Å². The zero-order chi connectivity index (χ0) is 48.7. The van der Waals surface area contributed by atoms with E-state index in [0.717, 1.165) is 24.0 Å². The summed E-state index contributed by atoms with van der Waals surface area (Å²) < 4.78 is 12.2. The molecule has 3 N–H and O–H groups in total. The first-order valence-electron chi connectivity index (χ1n) is 23.5. The van der Waals surface area contributed by atoms with Crippen molar-refractivity contribution < 1.29 is 33.4 Å². The van der Waals surface area contributed by atoms with Crippen LogP contribution in [0.2, 0.25) is 0 Å². The van der Waals surface area contributed by atoms with Crippen LogP contribution in [0.4, 0.5) is 0 Å². The largest absolute Gasteiger partial charge is 0.379 e. The summed E-state index contributed by atoms with van der Waals surface area (Å²) in [4.78, 5) is 79.9. The van der Waals surface area contributed by atoms with E-state index in [9.17, 15) is 24.0 Å².